The van der Waals surface area contributed by atoms with E-state index in [-0.39, 0.29) is 0 Å². The summed E-state index contributed by atoms with van der Waals surface area (Å²) >= 11 is 15.7. The maximum Gasteiger partial charge on any atom is 0.0722 e. The molecule has 0 amide bonds. The number of benzene rings is 1. The van der Waals surface area contributed by atoms with Crippen molar-refractivity contribution < 1.29 is 0 Å². The van der Waals surface area contributed by atoms with Crippen molar-refractivity contribution in [2.24, 2.45) is 0 Å². The van der Waals surface area contributed by atoms with Gasteiger partial charge in [-0.3, -0.25) is 4.68 Å². The molecule has 0 aliphatic heterocycles. The molecule has 3 nitrogen and oxygen atoms in total. The second-order valence-corrected chi connectivity index (χ2v) is 5.92. The van der Waals surface area contributed by atoms with Crippen LogP contribution in [0.5, 0.6) is 0 Å². The SMILES string of the molecule is CCn1nc(C)cc1CNc1c(Cl)cc(Br)cc1Cl. The molecule has 1 N–H and O–H groups in total. The fraction of sp³-hybridized carbons (Fsp3) is 0.308. The van der Waals surface area contributed by atoms with Gasteiger partial charge in [0.15, 0.2) is 0 Å². The van der Waals surface area contributed by atoms with Crippen LogP contribution in [0.25, 0.3) is 0 Å². The molecule has 0 spiro atoms. The zero-order chi connectivity index (χ0) is 14.0. The Hall–Kier alpha value is -0.710. The number of anilines is 1. The van der Waals surface area contributed by atoms with Crippen molar-refractivity contribution in [3.63, 3.8) is 0 Å². The van der Waals surface area contributed by atoms with Crippen LogP contribution in [0.4, 0.5) is 5.69 Å². The van der Waals surface area contributed by atoms with Gasteiger partial charge in [-0.15, -0.1) is 0 Å². The molecule has 0 fully saturated rings. The summed E-state index contributed by atoms with van der Waals surface area (Å²) in [5.41, 5.74) is 2.86. The molecule has 0 saturated carbocycles. The minimum absolute atomic E-state index is 0.596. The van der Waals surface area contributed by atoms with E-state index in [0.717, 1.165) is 28.1 Å². The molecule has 0 bridgehead atoms. The van der Waals surface area contributed by atoms with E-state index in [1.165, 1.54) is 0 Å². The lowest BCUT2D eigenvalue weighted by atomic mass is 10.3. The van der Waals surface area contributed by atoms with Gasteiger partial charge in [0.2, 0.25) is 0 Å². The summed E-state index contributed by atoms with van der Waals surface area (Å²) in [6.07, 6.45) is 0. The number of hydrogen-bond donors (Lipinski definition) is 1. The summed E-state index contributed by atoms with van der Waals surface area (Å²) in [7, 11) is 0. The van der Waals surface area contributed by atoms with Gasteiger partial charge in [0.25, 0.3) is 0 Å². The zero-order valence-electron chi connectivity index (χ0n) is 10.7. The van der Waals surface area contributed by atoms with Gasteiger partial charge in [-0.05, 0) is 32.0 Å². The van der Waals surface area contributed by atoms with Gasteiger partial charge in [0, 0.05) is 11.0 Å². The highest BCUT2D eigenvalue weighted by Gasteiger charge is 2.09. The van der Waals surface area contributed by atoms with E-state index < -0.39 is 0 Å². The lowest BCUT2D eigenvalue weighted by molar-refractivity contribution is 0.623. The van der Waals surface area contributed by atoms with Crippen LogP contribution in [0, 0.1) is 6.92 Å². The molecule has 0 radical (unpaired) electrons. The van der Waals surface area contributed by atoms with Crippen molar-refractivity contribution in [1.82, 2.24) is 9.78 Å². The van der Waals surface area contributed by atoms with Crippen LogP contribution in [0.3, 0.4) is 0 Å². The van der Waals surface area contributed by atoms with E-state index in [0.29, 0.717) is 16.6 Å². The van der Waals surface area contributed by atoms with Gasteiger partial charge in [0.1, 0.15) is 0 Å². The van der Waals surface area contributed by atoms with Crippen molar-refractivity contribution in [3.05, 3.63) is 44.1 Å². The van der Waals surface area contributed by atoms with Gasteiger partial charge in [-0.1, -0.05) is 39.1 Å². The number of rotatable bonds is 4. The van der Waals surface area contributed by atoms with E-state index in [9.17, 15) is 0 Å². The van der Waals surface area contributed by atoms with Gasteiger partial charge < -0.3 is 5.32 Å². The Balaban J connectivity index is 2.19. The molecular formula is C13H14BrCl2N3. The largest absolute Gasteiger partial charge is 0.377 e. The summed E-state index contributed by atoms with van der Waals surface area (Å²) in [6, 6.07) is 5.69. The molecule has 0 aliphatic carbocycles. The lowest BCUT2D eigenvalue weighted by Gasteiger charge is -2.11. The maximum absolute atomic E-state index is 6.18. The molecule has 1 heterocycles. The third kappa shape index (κ3) is 3.44. The van der Waals surface area contributed by atoms with E-state index >= 15 is 0 Å². The lowest BCUT2D eigenvalue weighted by Crippen LogP contribution is -2.08. The average molecular weight is 363 g/mol. The van der Waals surface area contributed by atoms with Gasteiger partial charge in [-0.2, -0.15) is 5.10 Å². The highest BCUT2D eigenvalue weighted by Crippen LogP contribution is 2.34. The van der Waals surface area contributed by atoms with Gasteiger partial charge >= 0.3 is 0 Å². The Bertz CT molecular complexity index is 573. The minimum atomic E-state index is 0.596. The smallest absolute Gasteiger partial charge is 0.0722 e. The number of halogens is 3. The number of aryl methyl sites for hydroxylation is 2. The highest BCUT2D eigenvalue weighted by atomic mass is 79.9. The van der Waals surface area contributed by atoms with E-state index in [2.05, 4.69) is 39.3 Å². The first kappa shape index (κ1) is 14.7. The first-order chi connectivity index (χ1) is 9.01. The Labute approximate surface area is 131 Å². The summed E-state index contributed by atoms with van der Waals surface area (Å²) in [6.45, 7) is 5.52. The third-order valence-corrected chi connectivity index (χ3v) is 3.79. The second-order valence-electron chi connectivity index (χ2n) is 4.19. The van der Waals surface area contributed by atoms with Crippen molar-refractivity contribution in [2.45, 2.75) is 26.9 Å². The van der Waals surface area contributed by atoms with Crippen LogP contribution >= 0.6 is 39.1 Å². The molecule has 2 aromatic rings. The van der Waals surface area contributed by atoms with Crippen molar-refractivity contribution in [3.8, 4) is 0 Å². The van der Waals surface area contributed by atoms with Crippen LogP contribution in [0.1, 0.15) is 18.3 Å². The minimum Gasteiger partial charge on any atom is -0.377 e. The summed E-state index contributed by atoms with van der Waals surface area (Å²) < 4.78 is 2.82. The normalized spacial score (nSPS) is 10.8. The molecule has 0 saturated heterocycles. The van der Waals surface area contributed by atoms with Crippen molar-refractivity contribution in [1.29, 1.82) is 0 Å². The molecular weight excluding hydrogens is 349 g/mol. The summed E-state index contributed by atoms with van der Waals surface area (Å²) in [4.78, 5) is 0. The first-order valence-corrected chi connectivity index (χ1v) is 7.48. The Kier molecular flexibility index (Phi) is 4.76. The quantitative estimate of drug-likeness (QED) is 0.838. The number of hydrogen-bond acceptors (Lipinski definition) is 2. The first-order valence-electron chi connectivity index (χ1n) is 5.93. The van der Waals surface area contributed by atoms with Gasteiger partial charge in [0.05, 0.1) is 33.7 Å². The highest BCUT2D eigenvalue weighted by molar-refractivity contribution is 9.10. The van der Waals surface area contributed by atoms with Crippen LogP contribution in [-0.2, 0) is 13.1 Å². The van der Waals surface area contributed by atoms with E-state index in [4.69, 9.17) is 23.2 Å². The number of nitrogens with zero attached hydrogens (tertiary/aromatic N) is 2. The number of nitrogens with one attached hydrogen (secondary N) is 1. The standard InChI is InChI=1S/C13H14BrCl2N3/c1-3-19-10(4-8(2)18-19)7-17-13-11(15)5-9(14)6-12(13)16/h4-6,17H,3,7H2,1-2H3. The molecule has 19 heavy (non-hydrogen) atoms. The topological polar surface area (TPSA) is 29.9 Å². The predicted octanol–water partition coefficient (Wildman–Crippen LogP) is 4.89. The zero-order valence-corrected chi connectivity index (χ0v) is 13.8. The Morgan fingerprint density at radius 3 is 2.47 bits per heavy atom. The molecule has 6 heteroatoms. The van der Waals surface area contributed by atoms with Gasteiger partial charge in [-0.25, -0.2) is 0 Å². The molecule has 102 valence electrons. The Morgan fingerprint density at radius 1 is 1.26 bits per heavy atom. The molecule has 1 aromatic carbocycles. The maximum atomic E-state index is 6.18. The predicted molar refractivity (Wildman–Crippen MR) is 84.1 cm³/mol. The van der Waals surface area contributed by atoms with Crippen LogP contribution in [0.2, 0.25) is 10.0 Å². The molecule has 1 aromatic heterocycles. The summed E-state index contributed by atoms with van der Waals surface area (Å²) in [5, 5.41) is 8.86. The molecule has 0 unspecified atom stereocenters. The third-order valence-electron chi connectivity index (χ3n) is 2.74. The Morgan fingerprint density at radius 2 is 1.89 bits per heavy atom. The fourth-order valence-electron chi connectivity index (χ4n) is 1.91. The molecule has 0 aliphatic rings. The fourth-order valence-corrected chi connectivity index (χ4v) is 3.25. The molecule has 2 rings (SSSR count). The average Bonchev–Trinajstić information content (AvgIpc) is 2.68. The van der Waals surface area contributed by atoms with Crippen LogP contribution in [-0.4, -0.2) is 9.78 Å². The number of aromatic nitrogens is 2. The van der Waals surface area contributed by atoms with E-state index in [1.807, 2.05) is 23.7 Å². The van der Waals surface area contributed by atoms with Crippen LogP contribution in [0.15, 0.2) is 22.7 Å². The van der Waals surface area contributed by atoms with E-state index in [1.54, 1.807) is 0 Å². The second kappa shape index (κ2) is 6.16. The molecule has 0 atom stereocenters. The van der Waals surface area contributed by atoms with Crippen molar-refractivity contribution in [2.75, 3.05) is 5.32 Å². The van der Waals surface area contributed by atoms with Crippen molar-refractivity contribution >= 4 is 44.8 Å². The monoisotopic (exact) mass is 361 g/mol. The van der Waals surface area contributed by atoms with Crippen LogP contribution < -0.4 is 5.32 Å². The summed E-state index contributed by atoms with van der Waals surface area (Å²) in [5.74, 6) is 0.